The number of carbonyl (C=O) groups excluding carboxylic acids is 1. The summed E-state index contributed by atoms with van der Waals surface area (Å²) in [5.74, 6) is -3.52. The van der Waals surface area contributed by atoms with E-state index in [9.17, 15) is 13.6 Å². The van der Waals surface area contributed by atoms with Gasteiger partial charge in [0.15, 0.2) is 0 Å². The van der Waals surface area contributed by atoms with Gasteiger partial charge in [-0.05, 0) is 25.9 Å². The molecule has 1 amide bonds. The van der Waals surface area contributed by atoms with Gasteiger partial charge in [0.05, 0.1) is 5.54 Å². The fraction of sp³-hybridized carbons (Fsp3) is 0.923. The second-order valence-electron chi connectivity index (χ2n) is 5.66. The summed E-state index contributed by atoms with van der Waals surface area (Å²) in [5.41, 5.74) is -0.132. The van der Waals surface area contributed by atoms with Crippen molar-refractivity contribution in [1.82, 2.24) is 10.2 Å². The summed E-state index contributed by atoms with van der Waals surface area (Å²) >= 11 is 0. The van der Waals surface area contributed by atoms with Crippen molar-refractivity contribution in [3.8, 4) is 0 Å². The number of likely N-dealkylation sites (N-methyl/N-ethyl adjacent to an activating group) is 1. The molecule has 0 radical (unpaired) electrons. The minimum atomic E-state index is -2.59. The SMILES string of the molecule is CCN(CC)CC1(NC(=O)C[C@@H]2CC2(F)F)CC1. The van der Waals surface area contributed by atoms with E-state index in [0.717, 1.165) is 32.5 Å². The first-order valence-corrected chi connectivity index (χ1v) is 6.82. The van der Waals surface area contributed by atoms with Gasteiger partial charge >= 0.3 is 0 Å². The molecule has 2 saturated carbocycles. The first-order chi connectivity index (χ1) is 8.41. The van der Waals surface area contributed by atoms with Crippen molar-refractivity contribution < 1.29 is 13.6 Å². The van der Waals surface area contributed by atoms with Crippen LogP contribution in [0.4, 0.5) is 8.78 Å². The highest BCUT2D eigenvalue weighted by Gasteiger charge is 2.57. The van der Waals surface area contributed by atoms with E-state index in [4.69, 9.17) is 0 Å². The Morgan fingerprint density at radius 1 is 1.33 bits per heavy atom. The number of amides is 1. The average molecular weight is 260 g/mol. The van der Waals surface area contributed by atoms with Crippen LogP contribution in [0.2, 0.25) is 0 Å². The number of alkyl halides is 2. The molecular weight excluding hydrogens is 238 g/mol. The van der Waals surface area contributed by atoms with Crippen molar-refractivity contribution in [1.29, 1.82) is 0 Å². The van der Waals surface area contributed by atoms with Crippen LogP contribution in [-0.2, 0) is 4.79 Å². The normalized spacial score (nSPS) is 27.1. The Morgan fingerprint density at radius 2 is 1.89 bits per heavy atom. The summed E-state index contributed by atoms with van der Waals surface area (Å²) in [6.07, 6.45) is 1.79. The Kier molecular flexibility index (Phi) is 3.63. The lowest BCUT2D eigenvalue weighted by Crippen LogP contribution is -2.46. The number of hydrogen-bond donors (Lipinski definition) is 1. The minimum Gasteiger partial charge on any atom is -0.349 e. The fourth-order valence-corrected chi connectivity index (χ4v) is 2.41. The molecule has 1 N–H and O–H groups in total. The van der Waals surface area contributed by atoms with Crippen LogP contribution < -0.4 is 5.32 Å². The lowest BCUT2D eigenvalue weighted by atomic mass is 10.2. The number of rotatable bonds is 7. The zero-order valence-corrected chi connectivity index (χ0v) is 11.1. The molecule has 104 valence electrons. The first kappa shape index (κ1) is 13.7. The lowest BCUT2D eigenvalue weighted by Gasteiger charge is -2.26. The zero-order chi connectivity index (χ0) is 13.4. The van der Waals surface area contributed by atoms with Crippen molar-refractivity contribution in [2.45, 2.75) is 51.0 Å². The summed E-state index contributed by atoms with van der Waals surface area (Å²) < 4.78 is 25.5. The molecule has 0 saturated heterocycles. The first-order valence-electron chi connectivity index (χ1n) is 6.82. The highest BCUT2D eigenvalue weighted by Crippen LogP contribution is 2.50. The molecule has 2 rings (SSSR count). The molecule has 0 aromatic rings. The second-order valence-corrected chi connectivity index (χ2v) is 5.66. The summed E-state index contributed by atoms with van der Waals surface area (Å²) in [7, 11) is 0. The quantitative estimate of drug-likeness (QED) is 0.759. The van der Waals surface area contributed by atoms with E-state index >= 15 is 0 Å². The van der Waals surface area contributed by atoms with Crippen molar-refractivity contribution >= 4 is 5.91 Å². The van der Waals surface area contributed by atoms with E-state index in [1.54, 1.807) is 0 Å². The fourth-order valence-electron chi connectivity index (χ4n) is 2.41. The van der Waals surface area contributed by atoms with E-state index in [1.807, 2.05) is 0 Å². The third-order valence-electron chi connectivity index (χ3n) is 4.07. The molecule has 3 nitrogen and oxygen atoms in total. The Morgan fingerprint density at radius 3 is 2.28 bits per heavy atom. The molecule has 0 unspecified atom stereocenters. The van der Waals surface area contributed by atoms with Crippen LogP contribution in [0.5, 0.6) is 0 Å². The van der Waals surface area contributed by atoms with Gasteiger partial charge in [-0.25, -0.2) is 8.78 Å². The Labute approximate surface area is 107 Å². The van der Waals surface area contributed by atoms with Crippen LogP contribution in [0.3, 0.4) is 0 Å². The van der Waals surface area contributed by atoms with E-state index in [0.29, 0.717) is 0 Å². The van der Waals surface area contributed by atoms with Gasteiger partial charge in [0, 0.05) is 25.3 Å². The predicted molar refractivity (Wildman–Crippen MR) is 65.6 cm³/mol. The zero-order valence-electron chi connectivity index (χ0n) is 11.1. The molecule has 0 spiro atoms. The van der Waals surface area contributed by atoms with Crippen LogP contribution in [0, 0.1) is 5.92 Å². The van der Waals surface area contributed by atoms with Crippen molar-refractivity contribution in [3.05, 3.63) is 0 Å². The van der Waals surface area contributed by atoms with Crippen LogP contribution >= 0.6 is 0 Å². The van der Waals surface area contributed by atoms with E-state index < -0.39 is 11.8 Å². The average Bonchev–Trinajstić information content (AvgIpc) is 3.16. The van der Waals surface area contributed by atoms with E-state index in [2.05, 4.69) is 24.1 Å². The maximum absolute atomic E-state index is 12.7. The Hall–Kier alpha value is -0.710. The highest BCUT2D eigenvalue weighted by molar-refractivity contribution is 5.78. The molecule has 5 heteroatoms. The summed E-state index contributed by atoms with van der Waals surface area (Å²) in [4.78, 5) is 14.0. The lowest BCUT2D eigenvalue weighted by molar-refractivity contribution is -0.123. The number of nitrogens with zero attached hydrogens (tertiary/aromatic N) is 1. The molecule has 0 bridgehead atoms. The maximum atomic E-state index is 12.7. The van der Waals surface area contributed by atoms with Crippen LogP contribution in [-0.4, -0.2) is 41.9 Å². The van der Waals surface area contributed by atoms with E-state index in [1.165, 1.54) is 0 Å². The number of carbonyl (C=O) groups is 1. The van der Waals surface area contributed by atoms with E-state index in [-0.39, 0.29) is 24.3 Å². The van der Waals surface area contributed by atoms with Crippen molar-refractivity contribution in [2.75, 3.05) is 19.6 Å². The molecule has 2 aliphatic carbocycles. The number of nitrogens with one attached hydrogen (secondary N) is 1. The largest absolute Gasteiger partial charge is 0.349 e. The Balaban J connectivity index is 1.76. The second kappa shape index (κ2) is 4.76. The third kappa shape index (κ3) is 3.19. The van der Waals surface area contributed by atoms with Crippen LogP contribution in [0.25, 0.3) is 0 Å². The smallest absolute Gasteiger partial charge is 0.252 e. The van der Waals surface area contributed by atoms with Crippen molar-refractivity contribution in [3.63, 3.8) is 0 Å². The summed E-state index contributed by atoms with van der Waals surface area (Å²) in [6.45, 7) is 6.93. The molecule has 18 heavy (non-hydrogen) atoms. The summed E-state index contributed by atoms with van der Waals surface area (Å²) in [6, 6.07) is 0. The van der Waals surface area contributed by atoms with Crippen molar-refractivity contribution in [2.24, 2.45) is 5.92 Å². The van der Waals surface area contributed by atoms with Crippen LogP contribution in [0.15, 0.2) is 0 Å². The molecule has 0 aromatic carbocycles. The Bertz CT molecular complexity index is 325. The molecule has 0 aromatic heterocycles. The number of hydrogen-bond acceptors (Lipinski definition) is 2. The van der Waals surface area contributed by atoms with Gasteiger partial charge in [-0.15, -0.1) is 0 Å². The van der Waals surface area contributed by atoms with Gasteiger partial charge in [-0.2, -0.15) is 0 Å². The van der Waals surface area contributed by atoms with Gasteiger partial charge in [-0.1, -0.05) is 13.8 Å². The topological polar surface area (TPSA) is 32.3 Å². The van der Waals surface area contributed by atoms with Gasteiger partial charge in [0.25, 0.3) is 5.92 Å². The molecule has 2 aliphatic rings. The van der Waals surface area contributed by atoms with Gasteiger partial charge in [0.1, 0.15) is 0 Å². The monoisotopic (exact) mass is 260 g/mol. The minimum absolute atomic E-state index is 0.0208. The highest BCUT2D eigenvalue weighted by atomic mass is 19.3. The molecule has 0 aliphatic heterocycles. The standard InChI is InChI=1S/C13H22F2N2O/c1-3-17(4-2)9-12(5-6-12)16-11(18)7-10-8-13(10,14)15/h10H,3-9H2,1-2H3,(H,16,18)/t10-/m1/s1. The number of halogens is 2. The van der Waals surface area contributed by atoms with Gasteiger partial charge in [-0.3, -0.25) is 4.79 Å². The molecule has 1 atom stereocenters. The third-order valence-corrected chi connectivity index (χ3v) is 4.07. The molecular formula is C13H22F2N2O. The molecule has 0 heterocycles. The predicted octanol–water partition coefficient (Wildman–Crippen LogP) is 2.02. The van der Waals surface area contributed by atoms with Crippen LogP contribution in [0.1, 0.15) is 39.5 Å². The summed E-state index contributed by atoms with van der Waals surface area (Å²) in [5, 5.41) is 2.96. The van der Waals surface area contributed by atoms with Gasteiger partial charge < -0.3 is 10.2 Å². The maximum Gasteiger partial charge on any atom is 0.252 e. The molecule has 2 fully saturated rings. The van der Waals surface area contributed by atoms with Gasteiger partial charge in [0.2, 0.25) is 5.91 Å².